The van der Waals surface area contributed by atoms with E-state index in [9.17, 15) is 9.59 Å². The summed E-state index contributed by atoms with van der Waals surface area (Å²) in [5, 5.41) is 6.73. The Morgan fingerprint density at radius 3 is 2.65 bits per heavy atom. The van der Waals surface area contributed by atoms with Crippen molar-refractivity contribution in [2.45, 2.75) is 50.3 Å². The Morgan fingerprint density at radius 1 is 1.10 bits per heavy atom. The number of benzene rings is 1. The number of aromatic nitrogens is 3. The molecule has 0 bridgehead atoms. The van der Waals surface area contributed by atoms with Crippen molar-refractivity contribution in [3.63, 3.8) is 0 Å². The number of amides is 2. The molecule has 5 rings (SSSR count). The van der Waals surface area contributed by atoms with Gasteiger partial charge in [-0.15, -0.1) is 0 Å². The number of aromatic amines is 1. The van der Waals surface area contributed by atoms with E-state index in [-0.39, 0.29) is 29.7 Å². The summed E-state index contributed by atoms with van der Waals surface area (Å²) in [6.45, 7) is 0. The SMILES string of the molecule is O=C(NC1CCC(NC(=O)C2Cc3ccncc3O2)CC1)c1nc2ccc(Cl)cc2[nH]1. The molecule has 2 aromatic heterocycles. The summed E-state index contributed by atoms with van der Waals surface area (Å²) in [6, 6.07) is 7.29. The van der Waals surface area contributed by atoms with Gasteiger partial charge in [0.05, 0.1) is 17.2 Å². The number of nitrogens with one attached hydrogen (secondary N) is 3. The number of nitrogens with zero attached hydrogens (tertiary/aromatic N) is 2. The van der Waals surface area contributed by atoms with Crippen LogP contribution in [0.3, 0.4) is 0 Å². The average molecular weight is 440 g/mol. The minimum atomic E-state index is -0.502. The molecule has 1 saturated carbocycles. The molecule has 2 amide bonds. The Kier molecular flexibility index (Phi) is 5.23. The zero-order valence-electron chi connectivity index (χ0n) is 16.7. The minimum absolute atomic E-state index is 0.0514. The Balaban J connectivity index is 1.11. The van der Waals surface area contributed by atoms with Crippen molar-refractivity contribution in [3.05, 3.63) is 53.1 Å². The van der Waals surface area contributed by atoms with Crippen LogP contribution in [0.5, 0.6) is 5.75 Å². The van der Waals surface area contributed by atoms with Crippen molar-refractivity contribution in [1.82, 2.24) is 25.6 Å². The van der Waals surface area contributed by atoms with Gasteiger partial charge >= 0.3 is 0 Å². The quantitative estimate of drug-likeness (QED) is 0.579. The molecule has 9 heteroatoms. The Hall–Kier alpha value is -3.13. The molecule has 1 aliphatic heterocycles. The smallest absolute Gasteiger partial charge is 0.287 e. The first kappa shape index (κ1) is 19.8. The van der Waals surface area contributed by atoms with Gasteiger partial charge in [0.25, 0.3) is 11.8 Å². The van der Waals surface area contributed by atoms with Gasteiger partial charge < -0.3 is 20.4 Å². The third-order valence-electron chi connectivity index (χ3n) is 5.90. The fraction of sp³-hybridized carbons (Fsp3) is 0.364. The minimum Gasteiger partial charge on any atom is -0.478 e. The number of hydrogen-bond donors (Lipinski definition) is 3. The van der Waals surface area contributed by atoms with Crippen LogP contribution >= 0.6 is 11.6 Å². The Morgan fingerprint density at radius 2 is 1.87 bits per heavy atom. The van der Waals surface area contributed by atoms with E-state index in [2.05, 4.69) is 25.6 Å². The molecule has 0 saturated heterocycles. The van der Waals surface area contributed by atoms with Crippen LogP contribution in [0.2, 0.25) is 5.02 Å². The van der Waals surface area contributed by atoms with Crippen LogP contribution in [0, 0.1) is 0 Å². The van der Waals surface area contributed by atoms with E-state index in [1.54, 1.807) is 30.6 Å². The summed E-state index contributed by atoms with van der Waals surface area (Å²) in [5.41, 5.74) is 2.44. The lowest BCUT2D eigenvalue weighted by molar-refractivity contribution is -0.128. The molecule has 3 heterocycles. The summed E-state index contributed by atoms with van der Waals surface area (Å²) in [5.74, 6) is 0.636. The van der Waals surface area contributed by atoms with Gasteiger partial charge in [0.15, 0.2) is 11.9 Å². The van der Waals surface area contributed by atoms with Gasteiger partial charge in [0, 0.05) is 35.3 Å². The number of imidazole rings is 1. The van der Waals surface area contributed by atoms with E-state index in [4.69, 9.17) is 16.3 Å². The molecule has 31 heavy (non-hydrogen) atoms. The highest BCUT2D eigenvalue weighted by Gasteiger charge is 2.32. The first-order valence-corrected chi connectivity index (χ1v) is 10.8. The maximum Gasteiger partial charge on any atom is 0.287 e. The number of rotatable bonds is 4. The van der Waals surface area contributed by atoms with Gasteiger partial charge in [-0.3, -0.25) is 14.6 Å². The molecule has 1 fully saturated rings. The molecule has 2 aliphatic rings. The van der Waals surface area contributed by atoms with Crippen LogP contribution in [0.4, 0.5) is 0 Å². The zero-order chi connectivity index (χ0) is 21.4. The van der Waals surface area contributed by atoms with Gasteiger partial charge in [0.1, 0.15) is 5.75 Å². The fourth-order valence-electron chi connectivity index (χ4n) is 4.24. The summed E-state index contributed by atoms with van der Waals surface area (Å²) >= 11 is 5.99. The second-order valence-corrected chi connectivity index (χ2v) is 8.51. The average Bonchev–Trinajstić information content (AvgIpc) is 3.39. The van der Waals surface area contributed by atoms with Crippen LogP contribution in [0.1, 0.15) is 41.9 Å². The molecule has 0 radical (unpaired) electrons. The molecule has 1 unspecified atom stereocenters. The van der Waals surface area contributed by atoms with Gasteiger partial charge in [-0.25, -0.2) is 4.98 Å². The Bertz CT molecular complexity index is 1110. The molecule has 160 valence electrons. The van der Waals surface area contributed by atoms with Crippen LogP contribution in [0.15, 0.2) is 36.7 Å². The normalized spacial score (nSPS) is 22.5. The lowest BCUT2D eigenvalue weighted by Gasteiger charge is -2.30. The van der Waals surface area contributed by atoms with Gasteiger partial charge in [-0.05, 0) is 49.9 Å². The predicted octanol–water partition coefficient (Wildman–Crippen LogP) is 2.77. The number of pyridine rings is 1. The second-order valence-electron chi connectivity index (χ2n) is 8.07. The lowest BCUT2D eigenvalue weighted by atomic mass is 9.91. The molecule has 3 aromatic rings. The van der Waals surface area contributed by atoms with Gasteiger partial charge in [-0.1, -0.05) is 11.6 Å². The predicted molar refractivity (Wildman–Crippen MR) is 115 cm³/mol. The third-order valence-corrected chi connectivity index (χ3v) is 6.14. The molecular weight excluding hydrogens is 418 g/mol. The number of hydrogen-bond acceptors (Lipinski definition) is 5. The number of fused-ring (bicyclic) bond motifs is 2. The number of carbonyl (C=O) groups excluding carboxylic acids is 2. The molecule has 1 atom stereocenters. The fourth-order valence-corrected chi connectivity index (χ4v) is 4.42. The first-order chi connectivity index (χ1) is 15.0. The third kappa shape index (κ3) is 4.20. The van der Waals surface area contributed by atoms with Crippen LogP contribution in [-0.4, -0.2) is 45.0 Å². The molecule has 1 aromatic carbocycles. The van der Waals surface area contributed by atoms with Crippen LogP contribution in [-0.2, 0) is 11.2 Å². The van der Waals surface area contributed by atoms with Gasteiger partial charge in [-0.2, -0.15) is 0 Å². The molecule has 8 nitrogen and oxygen atoms in total. The van der Waals surface area contributed by atoms with Crippen molar-refractivity contribution in [2.24, 2.45) is 0 Å². The highest BCUT2D eigenvalue weighted by atomic mass is 35.5. The van der Waals surface area contributed by atoms with Gasteiger partial charge in [0.2, 0.25) is 0 Å². The van der Waals surface area contributed by atoms with Crippen molar-refractivity contribution in [2.75, 3.05) is 0 Å². The van der Waals surface area contributed by atoms with E-state index < -0.39 is 6.10 Å². The largest absolute Gasteiger partial charge is 0.478 e. The first-order valence-electron chi connectivity index (χ1n) is 10.4. The van der Waals surface area contributed by atoms with E-state index in [1.807, 2.05) is 6.07 Å². The maximum absolute atomic E-state index is 12.6. The Labute approximate surface area is 183 Å². The van der Waals surface area contributed by atoms with E-state index in [1.165, 1.54) is 0 Å². The topological polar surface area (TPSA) is 109 Å². The standard InChI is InChI=1S/C22H22ClN5O3/c23-13-1-6-16-17(10-13)28-20(27-16)22(30)26-15-4-2-14(3-5-15)25-21(29)18-9-12-7-8-24-11-19(12)31-18/h1,6-8,10-11,14-15,18H,2-5,9H2,(H,25,29)(H,26,30)(H,27,28). The summed E-state index contributed by atoms with van der Waals surface area (Å²) in [4.78, 5) is 36.5. The molecular formula is C22H22ClN5O3. The number of carbonyl (C=O) groups is 2. The summed E-state index contributed by atoms with van der Waals surface area (Å²) < 4.78 is 5.72. The van der Waals surface area contributed by atoms with Crippen molar-refractivity contribution in [1.29, 1.82) is 0 Å². The molecule has 1 aliphatic carbocycles. The number of halogens is 1. The van der Waals surface area contributed by atoms with Crippen molar-refractivity contribution in [3.8, 4) is 5.75 Å². The van der Waals surface area contributed by atoms with Crippen LogP contribution in [0.25, 0.3) is 11.0 Å². The monoisotopic (exact) mass is 439 g/mol. The maximum atomic E-state index is 12.6. The van der Waals surface area contributed by atoms with E-state index in [0.717, 1.165) is 36.8 Å². The zero-order valence-corrected chi connectivity index (χ0v) is 17.5. The number of ether oxygens (including phenoxy) is 1. The molecule has 3 N–H and O–H groups in total. The lowest BCUT2D eigenvalue weighted by Crippen LogP contribution is -2.47. The summed E-state index contributed by atoms with van der Waals surface area (Å²) in [7, 11) is 0. The summed E-state index contributed by atoms with van der Waals surface area (Å²) in [6.07, 6.45) is 6.60. The highest BCUT2D eigenvalue weighted by Crippen LogP contribution is 2.28. The molecule has 0 spiro atoms. The number of H-pyrrole nitrogens is 1. The van der Waals surface area contributed by atoms with Crippen LogP contribution < -0.4 is 15.4 Å². The highest BCUT2D eigenvalue weighted by molar-refractivity contribution is 6.31. The van der Waals surface area contributed by atoms with Crippen molar-refractivity contribution < 1.29 is 14.3 Å². The van der Waals surface area contributed by atoms with E-state index >= 15 is 0 Å². The van der Waals surface area contributed by atoms with E-state index in [0.29, 0.717) is 22.7 Å². The van der Waals surface area contributed by atoms with Crippen molar-refractivity contribution >= 4 is 34.4 Å². The second kappa shape index (κ2) is 8.19.